The lowest BCUT2D eigenvalue weighted by molar-refractivity contribution is -0.147. The highest BCUT2D eigenvalue weighted by molar-refractivity contribution is 5.83. The topological polar surface area (TPSA) is 47.3 Å². The van der Waals surface area contributed by atoms with Crippen molar-refractivity contribution in [3.8, 4) is 6.07 Å². The zero-order valence-electron chi connectivity index (χ0n) is 11.4. The molecule has 96 valence electrons. The van der Waals surface area contributed by atoms with E-state index in [0.29, 0.717) is 0 Å². The summed E-state index contributed by atoms with van der Waals surface area (Å²) in [6.07, 6.45) is 2.47. The van der Waals surface area contributed by atoms with Gasteiger partial charge in [0, 0.05) is 19.1 Å². The van der Waals surface area contributed by atoms with Crippen LogP contribution in [0.4, 0.5) is 0 Å². The van der Waals surface area contributed by atoms with E-state index in [0.717, 1.165) is 25.9 Å². The van der Waals surface area contributed by atoms with Crippen molar-refractivity contribution < 1.29 is 4.79 Å². The summed E-state index contributed by atoms with van der Waals surface area (Å²) in [5.41, 5.74) is -0.0423. The molecule has 0 aromatic rings. The number of hydrogen-bond acceptors (Lipinski definition) is 3. The molecule has 1 aliphatic rings. The van der Waals surface area contributed by atoms with Crippen molar-refractivity contribution in [2.75, 3.05) is 20.1 Å². The SMILES string of the molecule is CCCCN1C(CC#N)C(=O)N(C)CC1(C)C. The van der Waals surface area contributed by atoms with Crippen LogP contribution in [0.5, 0.6) is 0 Å². The second kappa shape index (κ2) is 5.50. The molecular weight excluding hydrogens is 214 g/mol. The summed E-state index contributed by atoms with van der Waals surface area (Å²) in [5.74, 6) is 0.0852. The first-order chi connectivity index (χ1) is 7.94. The lowest BCUT2D eigenvalue weighted by Gasteiger charge is -2.49. The van der Waals surface area contributed by atoms with Gasteiger partial charge in [-0.15, -0.1) is 0 Å². The summed E-state index contributed by atoms with van der Waals surface area (Å²) in [7, 11) is 1.83. The molecule has 4 nitrogen and oxygen atoms in total. The number of likely N-dealkylation sites (N-methyl/N-ethyl adjacent to an activating group) is 1. The van der Waals surface area contributed by atoms with Crippen molar-refractivity contribution in [2.45, 2.75) is 51.6 Å². The quantitative estimate of drug-likeness (QED) is 0.746. The van der Waals surface area contributed by atoms with Crippen molar-refractivity contribution in [3.63, 3.8) is 0 Å². The summed E-state index contributed by atoms with van der Waals surface area (Å²) in [5, 5.41) is 8.89. The van der Waals surface area contributed by atoms with Crippen LogP contribution in [0.1, 0.15) is 40.0 Å². The fourth-order valence-electron chi connectivity index (χ4n) is 2.63. The molecule has 1 atom stereocenters. The normalized spacial score (nSPS) is 24.8. The number of amides is 1. The second-order valence-corrected chi connectivity index (χ2v) is 5.43. The number of carbonyl (C=O) groups is 1. The number of carbonyl (C=O) groups excluding carboxylic acids is 1. The van der Waals surface area contributed by atoms with E-state index in [4.69, 9.17) is 5.26 Å². The van der Waals surface area contributed by atoms with E-state index >= 15 is 0 Å². The lowest BCUT2D eigenvalue weighted by atomic mass is 9.93. The van der Waals surface area contributed by atoms with E-state index in [9.17, 15) is 4.79 Å². The second-order valence-electron chi connectivity index (χ2n) is 5.43. The number of rotatable bonds is 4. The first-order valence-electron chi connectivity index (χ1n) is 6.32. The zero-order valence-corrected chi connectivity index (χ0v) is 11.4. The maximum atomic E-state index is 12.1. The first kappa shape index (κ1) is 14.0. The smallest absolute Gasteiger partial charge is 0.240 e. The van der Waals surface area contributed by atoms with Crippen LogP contribution in [0.25, 0.3) is 0 Å². The standard InChI is InChI=1S/C13H23N3O/c1-5-6-9-16-11(7-8-14)12(17)15(4)10-13(16,2)3/h11H,5-7,9-10H2,1-4H3. The minimum absolute atomic E-state index is 0.0423. The average Bonchev–Trinajstić information content (AvgIpc) is 2.24. The molecule has 1 amide bonds. The summed E-state index contributed by atoms with van der Waals surface area (Å²) in [6.45, 7) is 8.07. The van der Waals surface area contributed by atoms with Crippen LogP contribution in [0.15, 0.2) is 0 Å². The Hall–Kier alpha value is -1.08. The van der Waals surface area contributed by atoms with Gasteiger partial charge in [-0.05, 0) is 26.8 Å². The Kier molecular flexibility index (Phi) is 4.53. The first-order valence-corrected chi connectivity index (χ1v) is 6.32. The minimum atomic E-state index is -0.264. The highest BCUT2D eigenvalue weighted by Gasteiger charge is 2.43. The summed E-state index contributed by atoms with van der Waals surface area (Å²) in [6, 6.07) is 1.88. The summed E-state index contributed by atoms with van der Waals surface area (Å²) >= 11 is 0. The Morgan fingerprint density at radius 3 is 2.71 bits per heavy atom. The van der Waals surface area contributed by atoms with Crippen LogP contribution in [0.3, 0.4) is 0 Å². The Balaban J connectivity index is 2.91. The summed E-state index contributed by atoms with van der Waals surface area (Å²) < 4.78 is 0. The highest BCUT2D eigenvalue weighted by atomic mass is 16.2. The fourth-order valence-corrected chi connectivity index (χ4v) is 2.63. The predicted molar refractivity (Wildman–Crippen MR) is 67.3 cm³/mol. The molecular formula is C13H23N3O. The van der Waals surface area contributed by atoms with Crippen molar-refractivity contribution in [2.24, 2.45) is 0 Å². The number of piperazine rings is 1. The van der Waals surface area contributed by atoms with Crippen LogP contribution in [0.2, 0.25) is 0 Å². The molecule has 0 saturated carbocycles. The fraction of sp³-hybridized carbons (Fsp3) is 0.846. The molecule has 1 rings (SSSR count). The van der Waals surface area contributed by atoms with Crippen LogP contribution in [-0.2, 0) is 4.79 Å². The van der Waals surface area contributed by atoms with Gasteiger partial charge < -0.3 is 4.90 Å². The van der Waals surface area contributed by atoms with Gasteiger partial charge in [-0.2, -0.15) is 5.26 Å². The Labute approximate surface area is 104 Å². The van der Waals surface area contributed by atoms with Crippen molar-refractivity contribution in [3.05, 3.63) is 0 Å². The maximum absolute atomic E-state index is 12.1. The van der Waals surface area contributed by atoms with Crippen LogP contribution in [-0.4, -0.2) is 47.4 Å². The molecule has 0 aromatic carbocycles. The predicted octanol–water partition coefficient (Wildman–Crippen LogP) is 1.62. The molecule has 17 heavy (non-hydrogen) atoms. The van der Waals surface area contributed by atoms with Gasteiger partial charge in [-0.3, -0.25) is 9.69 Å². The highest BCUT2D eigenvalue weighted by Crippen LogP contribution is 2.27. The van der Waals surface area contributed by atoms with Gasteiger partial charge in [0.25, 0.3) is 0 Å². The van der Waals surface area contributed by atoms with Crippen molar-refractivity contribution >= 4 is 5.91 Å². The van der Waals surface area contributed by atoms with Crippen molar-refractivity contribution in [1.29, 1.82) is 5.26 Å². The number of unbranched alkanes of at least 4 members (excludes halogenated alkanes) is 1. The van der Waals surface area contributed by atoms with E-state index in [1.807, 2.05) is 7.05 Å². The number of nitrogens with zero attached hydrogens (tertiary/aromatic N) is 3. The summed E-state index contributed by atoms with van der Waals surface area (Å²) in [4.78, 5) is 16.1. The molecule has 1 aliphatic heterocycles. The third-order valence-electron chi connectivity index (χ3n) is 3.48. The van der Waals surface area contributed by atoms with E-state index in [1.165, 1.54) is 0 Å². The molecule has 0 aliphatic carbocycles. The van der Waals surface area contributed by atoms with Crippen LogP contribution < -0.4 is 0 Å². The van der Waals surface area contributed by atoms with Gasteiger partial charge >= 0.3 is 0 Å². The van der Waals surface area contributed by atoms with Gasteiger partial charge in [0.05, 0.1) is 12.5 Å². The number of nitriles is 1. The van der Waals surface area contributed by atoms with Gasteiger partial charge in [0.1, 0.15) is 6.04 Å². The molecule has 4 heteroatoms. The van der Waals surface area contributed by atoms with E-state index < -0.39 is 0 Å². The molecule has 0 spiro atoms. The molecule has 1 fully saturated rings. The lowest BCUT2D eigenvalue weighted by Crippen LogP contribution is -2.65. The molecule has 1 saturated heterocycles. The maximum Gasteiger partial charge on any atom is 0.240 e. The minimum Gasteiger partial charge on any atom is -0.343 e. The number of hydrogen-bond donors (Lipinski definition) is 0. The third kappa shape index (κ3) is 2.98. The van der Waals surface area contributed by atoms with Gasteiger partial charge in [0.15, 0.2) is 0 Å². The van der Waals surface area contributed by atoms with Gasteiger partial charge in [0.2, 0.25) is 5.91 Å². The zero-order chi connectivity index (χ0) is 13.1. The molecule has 1 heterocycles. The molecule has 0 N–H and O–H groups in total. The van der Waals surface area contributed by atoms with E-state index in [-0.39, 0.29) is 23.9 Å². The van der Waals surface area contributed by atoms with Gasteiger partial charge in [-0.1, -0.05) is 13.3 Å². The average molecular weight is 237 g/mol. The largest absolute Gasteiger partial charge is 0.343 e. The van der Waals surface area contributed by atoms with Crippen LogP contribution in [0, 0.1) is 11.3 Å². The van der Waals surface area contributed by atoms with Gasteiger partial charge in [-0.25, -0.2) is 0 Å². The molecule has 0 radical (unpaired) electrons. The molecule has 0 bridgehead atoms. The van der Waals surface area contributed by atoms with E-state index in [2.05, 4.69) is 31.7 Å². The van der Waals surface area contributed by atoms with Crippen molar-refractivity contribution in [1.82, 2.24) is 9.80 Å². The molecule has 1 unspecified atom stereocenters. The third-order valence-corrected chi connectivity index (χ3v) is 3.48. The Morgan fingerprint density at radius 2 is 2.18 bits per heavy atom. The molecule has 0 aromatic heterocycles. The van der Waals surface area contributed by atoms with Crippen LogP contribution >= 0.6 is 0 Å². The Morgan fingerprint density at radius 1 is 1.53 bits per heavy atom. The Bertz CT molecular complexity index is 319. The van der Waals surface area contributed by atoms with E-state index in [1.54, 1.807) is 4.90 Å². The monoisotopic (exact) mass is 237 g/mol.